The quantitative estimate of drug-likeness (QED) is 0.858. The molecule has 1 aliphatic carbocycles. The Labute approximate surface area is 119 Å². The fourth-order valence-electron chi connectivity index (χ4n) is 2.92. The molecule has 2 aliphatic rings. The molecule has 0 spiro atoms. The Bertz CT molecular complexity index is 463. The second-order valence-corrected chi connectivity index (χ2v) is 5.58. The van der Waals surface area contributed by atoms with E-state index in [2.05, 4.69) is 14.9 Å². The predicted molar refractivity (Wildman–Crippen MR) is 64.6 cm³/mol. The minimum Gasteiger partial charge on any atom is -0.425 e. The number of nitrogens with zero attached hydrogens (tertiary/aromatic N) is 2. The smallest absolute Gasteiger partial charge is 0.425 e. The SMILES string of the molecule is FC(F)(F)OC1CCC(c2nnc(C3CCOC3)o2)CC1. The molecule has 2 heterocycles. The van der Waals surface area contributed by atoms with Gasteiger partial charge in [0.2, 0.25) is 11.8 Å². The monoisotopic (exact) mass is 306 g/mol. The molecule has 2 fully saturated rings. The van der Waals surface area contributed by atoms with Crippen molar-refractivity contribution in [1.82, 2.24) is 10.2 Å². The first kappa shape index (κ1) is 14.8. The molecule has 1 atom stereocenters. The second kappa shape index (κ2) is 5.92. The number of hydrogen-bond acceptors (Lipinski definition) is 5. The van der Waals surface area contributed by atoms with Crippen molar-refractivity contribution in [3.63, 3.8) is 0 Å². The Hall–Kier alpha value is -1.15. The lowest BCUT2D eigenvalue weighted by Crippen LogP contribution is -2.27. The van der Waals surface area contributed by atoms with Crippen LogP contribution in [-0.2, 0) is 9.47 Å². The first-order valence-corrected chi connectivity index (χ1v) is 7.17. The van der Waals surface area contributed by atoms with Gasteiger partial charge in [-0.1, -0.05) is 0 Å². The average Bonchev–Trinajstić information content (AvgIpc) is 3.09. The average molecular weight is 306 g/mol. The predicted octanol–water partition coefficient (Wildman–Crippen LogP) is 3.14. The third kappa shape index (κ3) is 3.74. The maximum atomic E-state index is 12.2. The number of ether oxygens (including phenoxy) is 2. The highest BCUT2D eigenvalue weighted by atomic mass is 19.4. The van der Waals surface area contributed by atoms with Crippen molar-refractivity contribution in [3.05, 3.63) is 11.8 Å². The summed E-state index contributed by atoms with van der Waals surface area (Å²) < 4.78 is 51.5. The molecule has 1 aliphatic heterocycles. The molecule has 0 bridgehead atoms. The minimum atomic E-state index is -4.56. The molecular formula is C13H17F3N2O3. The number of aromatic nitrogens is 2. The molecule has 0 amide bonds. The van der Waals surface area contributed by atoms with Crippen molar-refractivity contribution >= 4 is 0 Å². The van der Waals surface area contributed by atoms with Crippen LogP contribution < -0.4 is 0 Å². The van der Waals surface area contributed by atoms with E-state index in [1.807, 2.05) is 0 Å². The lowest BCUT2D eigenvalue weighted by atomic mass is 9.87. The molecule has 0 radical (unpaired) electrons. The van der Waals surface area contributed by atoms with E-state index in [4.69, 9.17) is 9.15 Å². The molecule has 1 aromatic heterocycles. The lowest BCUT2D eigenvalue weighted by molar-refractivity contribution is -0.345. The van der Waals surface area contributed by atoms with E-state index in [1.54, 1.807) is 0 Å². The molecule has 5 nitrogen and oxygen atoms in total. The Morgan fingerprint density at radius 3 is 2.19 bits per heavy atom. The van der Waals surface area contributed by atoms with E-state index in [0.717, 1.165) is 6.42 Å². The van der Waals surface area contributed by atoms with Crippen LogP contribution in [0.3, 0.4) is 0 Å². The third-order valence-corrected chi connectivity index (χ3v) is 4.06. The van der Waals surface area contributed by atoms with E-state index >= 15 is 0 Å². The zero-order valence-electron chi connectivity index (χ0n) is 11.4. The van der Waals surface area contributed by atoms with Gasteiger partial charge in [-0.3, -0.25) is 4.74 Å². The molecule has 8 heteroatoms. The van der Waals surface area contributed by atoms with Gasteiger partial charge in [0, 0.05) is 12.5 Å². The van der Waals surface area contributed by atoms with E-state index in [9.17, 15) is 13.2 Å². The summed E-state index contributed by atoms with van der Waals surface area (Å²) in [6.07, 6.45) is -2.59. The lowest BCUT2D eigenvalue weighted by Gasteiger charge is -2.27. The van der Waals surface area contributed by atoms with E-state index in [1.165, 1.54) is 0 Å². The Kier molecular flexibility index (Phi) is 4.17. The molecule has 1 saturated carbocycles. The Morgan fingerprint density at radius 2 is 1.62 bits per heavy atom. The number of rotatable bonds is 3. The van der Waals surface area contributed by atoms with Crippen molar-refractivity contribution in [2.24, 2.45) is 0 Å². The summed E-state index contributed by atoms with van der Waals surface area (Å²) in [4.78, 5) is 0. The third-order valence-electron chi connectivity index (χ3n) is 4.06. The van der Waals surface area contributed by atoms with Gasteiger partial charge in [-0.15, -0.1) is 23.4 Å². The summed E-state index contributed by atoms with van der Waals surface area (Å²) >= 11 is 0. The van der Waals surface area contributed by atoms with Crippen molar-refractivity contribution in [2.45, 2.75) is 56.4 Å². The summed E-state index contributed by atoms with van der Waals surface area (Å²) in [5, 5.41) is 8.09. The zero-order valence-corrected chi connectivity index (χ0v) is 11.4. The number of alkyl halides is 3. The van der Waals surface area contributed by atoms with Gasteiger partial charge in [0.25, 0.3) is 0 Å². The van der Waals surface area contributed by atoms with E-state index < -0.39 is 12.5 Å². The highest BCUT2D eigenvalue weighted by Gasteiger charge is 2.36. The van der Waals surface area contributed by atoms with Gasteiger partial charge in [-0.25, -0.2) is 0 Å². The maximum absolute atomic E-state index is 12.2. The van der Waals surface area contributed by atoms with E-state index in [-0.39, 0.29) is 11.8 Å². The summed E-state index contributed by atoms with van der Waals surface area (Å²) in [7, 11) is 0. The summed E-state index contributed by atoms with van der Waals surface area (Å²) in [6.45, 7) is 1.29. The highest BCUT2D eigenvalue weighted by molar-refractivity contribution is 4.98. The fraction of sp³-hybridized carbons (Fsp3) is 0.846. The standard InChI is InChI=1S/C13H17F3N2O3/c14-13(15,16)21-10-3-1-8(2-4-10)11-17-18-12(20-11)9-5-6-19-7-9/h8-10H,1-7H2. The Morgan fingerprint density at radius 1 is 0.952 bits per heavy atom. The van der Waals surface area contributed by atoms with Gasteiger partial charge >= 0.3 is 6.36 Å². The molecule has 0 aromatic carbocycles. The molecular weight excluding hydrogens is 289 g/mol. The molecule has 21 heavy (non-hydrogen) atoms. The largest absolute Gasteiger partial charge is 0.522 e. The summed E-state index contributed by atoms with van der Waals surface area (Å²) in [6, 6.07) is 0. The number of hydrogen-bond donors (Lipinski definition) is 0. The molecule has 1 aromatic rings. The van der Waals surface area contributed by atoms with Gasteiger partial charge in [0.15, 0.2) is 0 Å². The van der Waals surface area contributed by atoms with Crippen molar-refractivity contribution < 1.29 is 27.1 Å². The minimum absolute atomic E-state index is 0.0293. The van der Waals surface area contributed by atoms with E-state index in [0.29, 0.717) is 50.7 Å². The van der Waals surface area contributed by atoms with Crippen LogP contribution in [-0.4, -0.2) is 35.9 Å². The molecule has 1 unspecified atom stereocenters. The van der Waals surface area contributed by atoms with Crippen molar-refractivity contribution in [3.8, 4) is 0 Å². The van der Waals surface area contributed by atoms with Crippen LogP contribution in [0.5, 0.6) is 0 Å². The van der Waals surface area contributed by atoms with Gasteiger partial charge in [-0.05, 0) is 32.1 Å². The normalized spacial score (nSPS) is 30.7. The van der Waals surface area contributed by atoms with Gasteiger partial charge in [0.1, 0.15) is 0 Å². The molecule has 118 valence electrons. The van der Waals surface area contributed by atoms with Crippen LogP contribution >= 0.6 is 0 Å². The first-order valence-electron chi connectivity index (χ1n) is 7.17. The maximum Gasteiger partial charge on any atom is 0.522 e. The zero-order chi connectivity index (χ0) is 14.9. The summed E-state index contributed by atoms with van der Waals surface area (Å²) in [5.41, 5.74) is 0. The van der Waals surface area contributed by atoms with Crippen LogP contribution in [0.2, 0.25) is 0 Å². The highest BCUT2D eigenvalue weighted by Crippen LogP contribution is 2.36. The van der Waals surface area contributed by atoms with Gasteiger partial charge in [0.05, 0.1) is 18.6 Å². The van der Waals surface area contributed by atoms with Crippen LogP contribution in [0.15, 0.2) is 4.42 Å². The number of halogens is 3. The second-order valence-electron chi connectivity index (χ2n) is 5.58. The fourth-order valence-corrected chi connectivity index (χ4v) is 2.92. The van der Waals surface area contributed by atoms with Gasteiger partial charge < -0.3 is 9.15 Å². The first-order chi connectivity index (χ1) is 10.0. The van der Waals surface area contributed by atoms with Crippen molar-refractivity contribution in [1.29, 1.82) is 0 Å². The van der Waals surface area contributed by atoms with Crippen LogP contribution in [0.25, 0.3) is 0 Å². The molecule has 1 saturated heterocycles. The van der Waals surface area contributed by atoms with Crippen molar-refractivity contribution in [2.75, 3.05) is 13.2 Å². The van der Waals surface area contributed by atoms with Crippen LogP contribution in [0, 0.1) is 0 Å². The molecule has 3 rings (SSSR count). The Balaban J connectivity index is 1.54. The van der Waals surface area contributed by atoms with Gasteiger partial charge in [-0.2, -0.15) is 0 Å². The van der Waals surface area contributed by atoms with Crippen LogP contribution in [0.4, 0.5) is 13.2 Å². The van der Waals surface area contributed by atoms with Crippen LogP contribution in [0.1, 0.15) is 55.7 Å². The topological polar surface area (TPSA) is 57.4 Å². The molecule has 0 N–H and O–H groups in total. The summed E-state index contributed by atoms with van der Waals surface area (Å²) in [5.74, 6) is 1.29.